The molecule has 3 N–H and O–H groups in total. The van der Waals surface area contributed by atoms with Crippen molar-refractivity contribution >= 4 is 22.4 Å². The number of nitrogens with one attached hydrogen (secondary N) is 1. The van der Waals surface area contributed by atoms with Crippen molar-refractivity contribution in [3.63, 3.8) is 0 Å². The van der Waals surface area contributed by atoms with Gasteiger partial charge in [-0.15, -0.1) is 0 Å². The molecule has 0 radical (unpaired) electrons. The van der Waals surface area contributed by atoms with Crippen molar-refractivity contribution < 1.29 is 4.79 Å². The minimum Gasteiger partial charge on any atom is -0.398 e. The number of nitrogens with two attached hydrogens (primary N) is 1. The van der Waals surface area contributed by atoms with E-state index in [0.29, 0.717) is 17.8 Å². The summed E-state index contributed by atoms with van der Waals surface area (Å²) in [5.74, 6) is -0.138. The van der Waals surface area contributed by atoms with Crippen molar-refractivity contribution in [1.82, 2.24) is 5.32 Å². The normalized spacial score (nSPS) is 10.2. The van der Waals surface area contributed by atoms with Gasteiger partial charge in [-0.1, -0.05) is 35.9 Å². The summed E-state index contributed by atoms with van der Waals surface area (Å²) in [6, 6.07) is 11.5. The molecule has 0 fully saturated rings. The Morgan fingerprint density at radius 3 is 2.47 bits per heavy atom. The lowest BCUT2D eigenvalue weighted by molar-refractivity contribution is 0.0959. The number of rotatable bonds is 3. The zero-order valence-corrected chi connectivity index (χ0v) is 11.2. The highest BCUT2D eigenvalue weighted by Crippen LogP contribution is 2.21. The Kier molecular flexibility index (Phi) is 3.85. The molecule has 0 aliphatic heterocycles. The van der Waals surface area contributed by atoms with E-state index in [9.17, 15) is 4.79 Å². The maximum absolute atomic E-state index is 12.1. The summed E-state index contributed by atoms with van der Waals surface area (Å²) >= 11 is 0. The van der Waals surface area contributed by atoms with Crippen LogP contribution in [0.25, 0.3) is 10.8 Å². The van der Waals surface area contributed by atoms with E-state index in [4.69, 9.17) is 5.73 Å². The molecule has 0 spiro atoms. The highest BCUT2D eigenvalue weighted by atomic mass is 16.1. The van der Waals surface area contributed by atoms with E-state index in [1.165, 1.54) is 5.57 Å². The molecule has 0 saturated carbocycles. The molecule has 2 aromatic rings. The van der Waals surface area contributed by atoms with Crippen molar-refractivity contribution in [2.45, 2.75) is 13.8 Å². The summed E-state index contributed by atoms with van der Waals surface area (Å²) in [7, 11) is 0. The lowest BCUT2D eigenvalue weighted by atomic mass is 10.0. The van der Waals surface area contributed by atoms with Crippen molar-refractivity contribution in [2.24, 2.45) is 0 Å². The Balaban J connectivity index is 2.26. The van der Waals surface area contributed by atoms with Gasteiger partial charge in [-0.2, -0.15) is 0 Å². The van der Waals surface area contributed by atoms with Crippen molar-refractivity contribution in [1.29, 1.82) is 0 Å². The molecule has 3 nitrogen and oxygen atoms in total. The average molecular weight is 254 g/mol. The van der Waals surface area contributed by atoms with Crippen molar-refractivity contribution in [3.05, 3.63) is 53.6 Å². The Hall–Kier alpha value is -2.29. The van der Waals surface area contributed by atoms with Crippen LogP contribution in [0.3, 0.4) is 0 Å². The molecule has 0 aliphatic carbocycles. The van der Waals surface area contributed by atoms with Gasteiger partial charge < -0.3 is 11.1 Å². The van der Waals surface area contributed by atoms with E-state index >= 15 is 0 Å². The number of hydrogen-bond acceptors (Lipinski definition) is 2. The van der Waals surface area contributed by atoms with Crippen LogP contribution in [0.5, 0.6) is 0 Å². The van der Waals surface area contributed by atoms with Crippen LogP contribution in [0.4, 0.5) is 5.69 Å². The van der Waals surface area contributed by atoms with E-state index < -0.39 is 0 Å². The van der Waals surface area contributed by atoms with E-state index in [2.05, 4.69) is 5.32 Å². The molecule has 0 heterocycles. The SMILES string of the molecule is CC(C)=CCNC(=O)c1cc2ccccc2cc1N. The predicted octanol–water partition coefficient (Wildman–Crippen LogP) is 3.12. The highest BCUT2D eigenvalue weighted by molar-refractivity contribution is 6.03. The van der Waals surface area contributed by atoms with Gasteiger partial charge in [0.1, 0.15) is 0 Å². The second-order valence-electron chi connectivity index (χ2n) is 4.78. The second-order valence-corrected chi connectivity index (χ2v) is 4.78. The number of benzene rings is 2. The highest BCUT2D eigenvalue weighted by Gasteiger charge is 2.09. The number of allylic oxidation sites excluding steroid dienone is 1. The zero-order chi connectivity index (χ0) is 13.8. The lowest BCUT2D eigenvalue weighted by Crippen LogP contribution is -2.24. The number of fused-ring (bicyclic) bond motifs is 1. The quantitative estimate of drug-likeness (QED) is 0.653. The fraction of sp³-hybridized carbons (Fsp3) is 0.188. The molecule has 2 rings (SSSR count). The van der Waals surface area contributed by atoms with Crippen LogP contribution in [0.2, 0.25) is 0 Å². The molecule has 0 bridgehead atoms. The molecule has 98 valence electrons. The summed E-state index contributed by atoms with van der Waals surface area (Å²) in [5.41, 5.74) is 8.15. The van der Waals surface area contributed by atoms with Crippen LogP contribution in [0.1, 0.15) is 24.2 Å². The topological polar surface area (TPSA) is 55.1 Å². The van der Waals surface area contributed by atoms with E-state index in [1.54, 1.807) is 0 Å². The summed E-state index contributed by atoms with van der Waals surface area (Å²) in [5, 5.41) is 4.90. The molecular weight excluding hydrogens is 236 g/mol. The molecule has 0 aliphatic rings. The van der Waals surface area contributed by atoms with Gasteiger partial charge in [-0.3, -0.25) is 4.79 Å². The monoisotopic (exact) mass is 254 g/mol. The summed E-state index contributed by atoms with van der Waals surface area (Å²) in [6.07, 6.45) is 1.97. The lowest BCUT2D eigenvalue weighted by Gasteiger charge is -2.08. The standard InChI is InChI=1S/C16H18N2O/c1-11(2)7-8-18-16(19)14-9-12-5-3-4-6-13(12)10-15(14)17/h3-7,9-10H,8,17H2,1-2H3,(H,18,19). The first kappa shape index (κ1) is 13.1. The summed E-state index contributed by atoms with van der Waals surface area (Å²) in [4.78, 5) is 12.1. The van der Waals surface area contributed by atoms with Gasteiger partial charge in [0.25, 0.3) is 5.91 Å². The number of amides is 1. The van der Waals surface area contributed by atoms with E-state index in [1.807, 2.05) is 56.3 Å². The van der Waals surface area contributed by atoms with Gasteiger partial charge in [0.15, 0.2) is 0 Å². The largest absolute Gasteiger partial charge is 0.398 e. The molecule has 2 aromatic carbocycles. The van der Waals surface area contributed by atoms with Gasteiger partial charge in [0.2, 0.25) is 0 Å². The Labute approximate surface area is 113 Å². The smallest absolute Gasteiger partial charge is 0.253 e. The third-order valence-electron chi connectivity index (χ3n) is 2.94. The van der Waals surface area contributed by atoms with Crippen molar-refractivity contribution in [3.8, 4) is 0 Å². The third kappa shape index (κ3) is 3.13. The summed E-state index contributed by atoms with van der Waals surface area (Å²) < 4.78 is 0. The fourth-order valence-electron chi connectivity index (χ4n) is 1.90. The van der Waals surface area contributed by atoms with Crippen LogP contribution in [-0.2, 0) is 0 Å². The molecule has 0 aromatic heterocycles. The van der Waals surface area contributed by atoms with Gasteiger partial charge >= 0.3 is 0 Å². The molecule has 1 amide bonds. The average Bonchev–Trinajstić information content (AvgIpc) is 2.37. The maximum atomic E-state index is 12.1. The number of nitrogen functional groups attached to an aromatic ring is 1. The van der Waals surface area contributed by atoms with Gasteiger partial charge in [-0.05, 0) is 36.8 Å². The zero-order valence-electron chi connectivity index (χ0n) is 11.2. The van der Waals surface area contributed by atoms with Crippen LogP contribution in [0, 0.1) is 0 Å². The number of carbonyl (C=O) groups is 1. The minimum absolute atomic E-state index is 0.138. The number of carbonyl (C=O) groups excluding carboxylic acids is 1. The minimum atomic E-state index is -0.138. The molecule has 0 unspecified atom stereocenters. The number of anilines is 1. The summed E-state index contributed by atoms with van der Waals surface area (Å²) in [6.45, 7) is 4.51. The number of hydrogen-bond donors (Lipinski definition) is 2. The Morgan fingerprint density at radius 1 is 1.21 bits per heavy atom. The van der Waals surface area contributed by atoms with Crippen LogP contribution in [-0.4, -0.2) is 12.5 Å². The Morgan fingerprint density at radius 2 is 1.84 bits per heavy atom. The fourth-order valence-corrected chi connectivity index (χ4v) is 1.90. The third-order valence-corrected chi connectivity index (χ3v) is 2.94. The van der Waals surface area contributed by atoms with E-state index in [0.717, 1.165) is 10.8 Å². The molecular formula is C16H18N2O. The molecule has 0 atom stereocenters. The molecule has 0 saturated heterocycles. The molecule has 19 heavy (non-hydrogen) atoms. The van der Waals surface area contributed by atoms with Crippen LogP contribution >= 0.6 is 0 Å². The first-order valence-corrected chi connectivity index (χ1v) is 6.28. The first-order chi connectivity index (χ1) is 9.08. The van der Waals surface area contributed by atoms with Gasteiger partial charge in [0.05, 0.1) is 5.56 Å². The van der Waals surface area contributed by atoms with Crippen LogP contribution in [0.15, 0.2) is 48.0 Å². The first-order valence-electron chi connectivity index (χ1n) is 6.28. The van der Waals surface area contributed by atoms with Crippen LogP contribution < -0.4 is 11.1 Å². The van der Waals surface area contributed by atoms with Gasteiger partial charge in [-0.25, -0.2) is 0 Å². The Bertz CT molecular complexity index is 640. The maximum Gasteiger partial charge on any atom is 0.253 e. The predicted molar refractivity (Wildman–Crippen MR) is 80.1 cm³/mol. The van der Waals surface area contributed by atoms with E-state index in [-0.39, 0.29) is 5.91 Å². The van der Waals surface area contributed by atoms with Gasteiger partial charge in [0, 0.05) is 12.2 Å². The molecule has 3 heteroatoms. The van der Waals surface area contributed by atoms with Crippen molar-refractivity contribution in [2.75, 3.05) is 12.3 Å². The second kappa shape index (κ2) is 5.57.